The molecule has 1 heterocycles. The van der Waals surface area contributed by atoms with Crippen molar-refractivity contribution in [3.8, 4) is 5.75 Å². The number of hydrogen-bond acceptors (Lipinski definition) is 2. The number of aromatic nitrogens is 1. The summed E-state index contributed by atoms with van der Waals surface area (Å²) in [7, 11) is 0. The first-order chi connectivity index (χ1) is 8.25. The highest BCUT2D eigenvalue weighted by Gasteiger charge is 1.96. The van der Waals surface area contributed by atoms with Crippen LogP contribution in [0.1, 0.15) is 0 Å². The number of halogens is 1. The Labute approximate surface area is 108 Å². The van der Waals surface area contributed by atoms with Crippen molar-refractivity contribution in [1.82, 2.24) is 4.57 Å². The topological polar surface area (TPSA) is 31.2 Å². The molecule has 1 aromatic heterocycles. The molecule has 0 aliphatic heterocycles. The van der Waals surface area contributed by atoms with Gasteiger partial charge in [0.05, 0.1) is 6.54 Å². The van der Waals surface area contributed by atoms with Crippen LogP contribution in [-0.2, 0) is 6.54 Å². The third-order valence-corrected chi connectivity index (χ3v) is 2.79. The fraction of sp³-hybridized carbons (Fsp3) is 0.154. The quantitative estimate of drug-likeness (QED) is 0.868. The first-order valence-electron chi connectivity index (χ1n) is 5.29. The van der Waals surface area contributed by atoms with E-state index in [2.05, 4.69) is 15.9 Å². The van der Waals surface area contributed by atoms with Crippen LogP contribution in [0.25, 0.3) is 0 Å². The van der Waals surface area contributed by atoms with Gasteiger partial charge in [-0.15, -0.1) is 0 Å². The standard InChI is InChI=1S/C13H12BrNO2/c14-11-4-3-5-12(10-11)17-9-8-15-7-2-1-6-13(15)16/h1-7,10H,8-9H2. The highest BCUT2D eigenvalue weighted by molar-refractivity contribution is 9.10. The van der Waals surface area contributed by atoms with Crippen molar-refractivity contribution < 1.29 is 4.74 Å². The molecule has 0 spiro atoms. The lowest BCUT2D eigenvalue weighted by Crippen LogP contribution is -2.21. The molecule has 0 aliphatic carbocycles. The van der Waals surface area contributed by atoms with Crippen LogP contribution in [0.4, 0.5) is 0 Å². The van der Waals surface area contributed by atoms with E-state index in [0.29, 0.717) is 13.2 Å². The van der Waals surface area contributed by atoms with Gasteiger partial charge in [0.25, 0.3) is 5.56 Å². The van der Waals surface area contributed by atoms with Crippen LogP contribution in [0.15, 0.2) is 57.9 Å². The molecule has 0 bridgehead atoms. The van der Waals surface area contributed by atoms with Gasteiger partial charge in [0.2, 0.25) is 0 Å². The SMILES string of the molecule is O=c1ccccn1CCOc1cccc(Br)c1. The maximum atomic E-state index is 11.4. The minimum atomic E-state index is -0.00894. The zero-order chi connectivity index (χ0) is 12.1. The summed E-state index contributed by atoms with van der Waals surface area (Å²) in [5.41, 5.74) is -0.00894. The number of hydrogen-bond donors (Lipinski definition) is 0. The molecular weight excluding hydrogens is 282 g/mol. The maximum absolute atomic E-state index is 11.4. The molecule has 0 radical (unpaired) electrons. The second kappa shape index (κ2) is 5.68. The third kappa shape index (κ3) is 3.46. The van der Waals surface area contributed by atoms with Crippen molar-refractivity contribution in [2.75, 3.05) is 6.61 Å². The first kappa shape index (κ1) is 11.9. The summed E-state index contributed by atoms with van der Waals surface area (Å²) < 4.78 is 8.16. The Kier molecular flexibility index (Phi) is 3.98. The summed E-state index contributed by atoms with van der Waals surface area (Å²) in [5.74, 6) is 0.795. The molecule has 88 valence electrons. The van der Waals surface area contributed by atoms with Gasteiger partial charge in [-0.25, -0.2) is 0 Å². The van der Waals surface area contributed by atoms with Gasteiger partial charge in [0.15, 0.2) is 0 Å². The molecule has 0 amide bonds. The summed E-state index contributed by atoms with van der Waals surface area (Å²) in [4.78, 5) is 11.4. The van der Waals surface area contributed by atoms with E-state index in [1.807, 2.05) is 30.3 Å². The Balaban J connectivity index is 1.92. The zero-order valence-corrected chi connectivity index (χ0v) is 10.8. The van der Waals surface area contributed by atoms with Crippen LogP contribution in [-0.4, -0.2) is 11.2 Å². The highest BCUT2D eigenvalue weighted by Crippen LogP contribution is 2.17. The van der Waals surface area contributed by atoms with Crippen LogP contribution in [0.5, 0.6) is 5.75 Å². The van der Waals surface area contributed by atoms with E-state index in [4.69, 9.17) is 4.74 Å². The molecule has 0 saturated carbocycles. The smallest absolute Gasteiger partial charge is 0.250 e. The zero-order valence-electron chi connectivity index (χ0n) is 9.17. The molecular formula is C13H12BrNO2. The van der Waals surface area contributed by atoms with Gasteiger partial charge in [-0.2, -0.15) is 0 Å². The summed E-state index contributed by atoms with van der Waals surface area (Å²) >= 11 is 3.38. The van der Waals surface area contributed by atoms with E-state index < -0.39 is 0 Å². The van der Waals surface area contributed by atoms with Gasteiger partial charge in [-0.05, 0) is 24.3 Å². The molecule has 2 rings (SSSR count). The molecule has 3 nitrogen and oxygen atoms in total. The summed E-state index contributed by atoms with van der Waals surface area (Å²) in [6, 6.07) is 12.7. The monoisotopic (exact) mass is 293 g/mol. The average molecular weight is 294 g/mol. The summed E-state index contributed by atoms with van der Waals surface area (Å²) in [5, 5.41) is 0. The lowest BCUT2D eigenvalue weighted by Gasteiger charge is -2.08. The van der Waals surface area contributed by atoms with Crippen LogP contribution >= 0.6 is 15.9 Å². The van der Waals surface area contributed by atoms with E-state index in [1.165, 1.54) is 0 Å². The van der Waals surface area contributed by atoms with Gasteiger partial charge in [-0.3, -0.25) is 4.79 Å². The lowest BCUT2D eigenvalue weighted by atomic mass is 10.3. The largest absolute Gasteiger partial charge is 0.492 e. The molecule has 0 N–H and O–H groups in total. The minimum absolute atomic E-state index is 0.00894. The van der Waals surface area contributed by atoms with Crippen molar-refractivity contribution >= 4 is 15.9 Å². The van der Waals surface area contributed by atoms with Gasteiger partial charge in [-0.1, -0.05) is 28.1 Å². The Bertz CT molecular complexity index is 551. The van der Waals surface area contributed by atoms with Crippen molar-refractivity contribution in [2.24, 2.45) is 0 Å². The van der Waals surface area contributed by atoms with Gasteiger partial charge in [0, 0.05) is 16.7 Å². The molecule has 0 unspecified atom stereocenters. The third-order valence-electron chi connectivity index (χ3n) is 2.30. The molecule has 17 heavy (non-hydrogen) atoms. The van der Waals surface area contributed by atoms with E-state index in [9.17, 15) is 4.79 Å². The summed E-state index contributed by atoms with van der Waals surface area (Å²) in [6.07, 6.45) is 1.76. The van der Waals surface area contributed by atoms with Crippen LogP contribution in [0.3, 0.4) is 0 Å². The van der Waals surface area contributed by atoms with Gasteiger partial charge < -0.3 is 9.30 Å². The fourth-order valence-corrected chi connectivity index (χ4v) is 1.84. The first-order valence-corrected chi connectivity index (χ1v) is 6.09. The number of rotatable bonds is 4. The maximum Gasteiger partial charge on any atom is 0.250 e. The Morgan fingerprint density at radius 2 is 2.06 bits per heavy atom. The second-order valence-electron chi connectivity index (χ2n) is 3.54. The minimum Gasteiger partial charge on any atom is -0.492 e. The molecule has 2 aromatic rings. The van der Waals surface area contributed by atoms with Gasteiger partial charge in [0.1, 0.15) is 12.4 Å². The van der Waals surface area contributed by atoms with Crippen molar-refractivity contribution in [2.45, 2.75) is 6.54 Å². The number of pyridine rings is 1. The molecule has 0 saturated heterocycles. The van der Waals surface area contributed by atoms with E-state index in [0.717, 1.165) is 10.2 Å². The van der Waals surface area contributed by atoms with E-state index >= 15 is 0 Å². The number of nitrogens with zero attached hydrogens (tertiary/aromatic N) is 1. The number of benzene rings is 1. The highest BCUT2D eigenvalue weighted by atomic mass is 79.9. The van der Waals surface area contributed by atoms with Crippen molar-refractivity contribution in [3.05, 3.63) is 63.5 Å². The van der Waals surface area contributed by atoms with Crippen molar-refractivity contribution in [1.29, 1.82) is 0 Å². The van der Waals surface area contributed by atoms with E-state index in [-0.39, 0.29) is 5.56 Å². The molecule has 0 atom stereocenters. The second-order valence-corrected chi connectivity index (χ2v) is 4.45. The van der Waals surface area contributed by atoms with Crippen LogP contribution < -0.4 is 10.3 Å². The summed E-state index contributed by atoms with van der Waals surface area (Å²) in [6.45, 7) is 1.02. The molecule has 0 aliphatic rings. The molecule has 1 aromatic carbocycles. The van der Waals surface area contributed by atoms with Crippen LogP contribution in [0.2, 0.25) is 0 Å². The molecule has 4 heteroatoms. The van der Waals surface area contributed by atoms with E-state index in [1.54, 1.807) is 22.9 Å². The predicted molar refractivity (Wildman–Crippen MR) is 70.3 cm³/mol. The number of ether oxygens (including phenoxy) is 1. The Hall–Kier alpha value is -1.55. The van der Waals surface area contributed by atoms with Crippen LogP contribution in [0, 0.1) is 0 Å². The normalized spacial score (nSPS) is 10.2. The molecule has 0 fully saturated rings. The Morgan fingerprint density at radius 3 is 2.82 bits per heavy atom. The predicted octanol–water partition coefficient (Wildman–Crippen LogP) is 2.69. The average Bonchev–Trinajstić information content (AvgIpc) is 2.32. The van der Waals surface area contributed by atoms with Crippen molar-refractivity contribution in [3.63, 3.8) is 0 Å². The lowest BCUT2D eigenvalue weighted by molar-refractivity contribution is 0.296. The fourth-order valence-electron chi connectivity index (χ4n) is 1.46. The Morgan fingerprint density at radius 1 is 1.18 bits per heavy atom. The van der Waals surface area contributed by atoms with Gasteiger partial charge >= 0.3 is 0 Å².